The molecular weight excluding hydrogens is 497 g/mol. The van der Waals surface area contributed by atoms with E-state index in [0.29, 0.717) is 22.0 Å². The van der Waals surface area contributed by atoms with Crippen molar-refractivity contribution in [3.63, 3.8) is 0 Å². The average molecular weight is 526 g/mol. The zero-order valence-electron chi connectivity index (χ0n) is 20.0. The number of carbonyl (C=O) groups excluding carboxylic acids is 2. The van der Waals surface area contributed by atoms with E-state index in [-0.39, 0.29) is 35.7 Å². The Hall–Kier alpha value is -3.04. The third kappa shape index (κ3) is 7.73. The fraction of sp³-hybridized carbons (Fsp3) is 0.417. The number of amides is 2. The number of ether oxygens (including phenoxy) is 2. The van der Waals surface area contributed by atoms with Crippen LogP contribution in [-0.2, 0) is 16.1 Å². The van der Waals surface area contributed by atoms with Crippen molar-refractivity contribution in [1.29, 1.82) is 0 Å². The van der Waals surface area contributed by atoms with Crippen LogP contribution in [0.25, 0.3) is 0 Å². The van der Waals surface area contributed by atoms with Gasteiger partial charge in [-0.3, -0.25) is 19.7 Å². The molecule has 9 nitrogen and oxygen atoms in total. The van der Waals surface area contributed by atoms with E-state index in [9.17, 15) is 19.7 Å². The van der Waals surface area contributed by atoms with Crippen LogP contribution in [0.3, 0.4) is 0 Å². The third-order valence-electron chi connectivity index (χ3n) is 5.45. The van der Waals surface area contributed by atoms with Gasteiger partial charge in [0.15, 0.2) is 6.61 Å². The van der Waals surface area contributed by atoms with E-state index in [1.54, 1.807) is 18.2 Å². The van der Waals surface area contributed by atoms with Crippen LogP contribution in [0.4, 0.5) is 5.69 Å². The molecule has 35 heavy (non-hydrogen) atoms. The van der Waals surface area contributed by atoms with Crippen molar-refractivity contribution in [2.75, 3.05) is 13.7 Å². The molecule has 0 saturated heterocycles. The van der Waals surface area contributed by atoms with Gasteiger partial charge in [0, 0.05) is 34.8 Å². The predicted octanol–water partition coefficient (Wildman–Crippen LogP) is 5.01. The normalized spacial score (nSPS) is 12.4. The van der Waals surface area contributed by atoms with Crippen LogP contribution in [0, 0.1) is 10.1 Å². The zero-order valence-corrected chi connectivity index (χ0v) is 21.6. The molecule has 0 aliphatic heterocycles. The summed E-state index contributed by atoms with van der Waals surface area (Å²) in [5.41, 5.74) is 0.397. The lowest BCUT2D eigenvalue weighted by Gasteiger charge is -2.31. The van der Waals surface area contributed by atoms with Crippen LogP contribution in [-0.4, -0.2) is 47.4 Å². The lowest BCUT2D eigenvalue weighted by atomic mass is 10.1. The molecule has 2 rings (SSSR count). The van der Waals surface area contributed by atoms with Gasteiger partial charge in [-0.15, -0.1) is 0 Å². The molecule has 1 N–H and O–H groups in total. The number of nitrogens with zero attached hydrogens (tertiary/aromatic N) is 2. The molecule has 190 valence electrons. The van der Waals surface area contributed by atoms with Gasteiger partial charge in [-0.2, -0.15) is 0 Å². The second-order valence-electron chi connectivity index (χ2n) is 7.88. The van der Waals surface area contributed by atoms with Crippen LogP contribution in [0.2, 0.25) is 10.0 Å². The van der Waals surface area contributed by atoms with Crippen LogP contribution in [0.1, 0.15) is 39.2 Å². The lowest BCUT2D eigenvalue weighted by molar-refractivity contribution is -0.385. The second-order valence-corrected chi connectivity index (χ2v) is 8.72. The second kappa shape index (κ2) is 13.2. The number of methoxy groups -OCH3 is 1. The highest BCUT2D eigenvalue weighted by molar-refractivity contribution is 6.35. The van der Waals surface area contributed by atoms with Crippen molar-refractivity contribution in [3.8, 4) is 11.5 Å². The van der Waals surface area contributed by atoms with E-state index in [4.69, 9.17) is 32.7 Å². The highest BCUT2D eigenvalue weighted by Gasteiger charge is 2.30. The average Bonchev–Trinajstić information content (AvgIpc) is 2.83. The summed E-state index contributed by atoms with van der Waals surface area (Å²) in [7, 11) is 1.30. The van der Waals surface area contributed by atoms with Crippen molar-refractivity contribution < 1.29 is 24.0 Å². The summed E-state index contributed by atoms with van der Waals surface area (Å²) >= 11 is 12.3. The highest BCUT2D eigenvalue weighted by Crippen LogP contribution is 2.31. The van der Waals surface area contributed by atoms with E-state index < -0.39 is 23.5 Å². The molecule has 2 amide bonds. The molecule has 0 aliphatic rings. The molecule has 0 bridgehead atoms. The number of nitro benzene ring substituents is 1. The van der Waals surface area contributed by atoms with Crippen molar-refractivity contribution in [3.05, 3.63) is 62.1 Å². The number of carbonyl (C=O) groups is 2. The van der Waals surface area contributed by atoms with Gasteiger partial charge in [0.25, 0.3) is 5.91 Å². The Morgan fingerprint density at radius 3 is 2.43 bits per heavy atom. The zero-order chi connectivity index (χ0) is 26.1. The van der Waals surface area contributed by atoms with Crippen LogP contribution in [0.5, 0.6) is 11.5 Å². The maximum absolute atomic E-state index is 13.3. The summed E-state index contributed by atoms with van der Waals surface area (Å²) < 4.78 is 10.7. The summed E-state index contributed by atoms with van der Waals surface area (Å²) in [5.74, 6) is -0.525. The Kier molecular flexibility index (Phi) is 10.6. The van der Waals surface area contributed by atoms with E-state index in [1.165, 1.54) is 30.2 Å². The molecule has 0 spiro atoms. The fourth-order valence-corrected chi connectivity index (χ4v) is 3.79. The summed E-state index contributed by atoms with van der Waals surface area (Å²) in [4.78, 5) is 38.2. The number of rotatable bonds is 12. The van der Waals surface area contributed by atoms with E-state index in [0.717, 1.165) is 6.42 Å². The smallest absolute Gasteiger partial charge is 0.311 e. The Balaban J connectivity index is 2.29. The molecule has 2 atom stereocenters. The molecule has 0 unspecified atom stereocenters. The van der Waals surface area contributed by atoms with Gasteiger partial charge < -0.3 is 19.7 Å². The van der Waals surface area contributed by atoms with Gasteiger partial charge in [-0.1, -0.05) is 43.1 Å². The number of hydrogen-bond acceptors (Lipinski definition) is 6. The van der Waals surface area contributed by atoms with Gasteiger partial charge >= 0.3 is 5.69 Å². The van der Waals surface area contributed by atoms with Crippen molar-refractivity contribution in [2.45, 2.75) is 52.2 Å². The Labute approximate surface area is 214 Å². The minimum atomic E-state index is -0.766. The first kappa shape index (κ1) is 28.2. The molecule has 11 heteroatoms. The summed E-state index contributed by atoms with van der Waals surface area (Å²) in [6.45, 7) is 5.31. The Bertz CT molecular complexity index is 1070. The molecule has 2 aromatic carbocycles. The predicted molar refractivity (Wildman–Crippen MR) is 134 cm³/mol. The minimum absolute atomic E-state index is 0.00381. The number of nitrogens with one attached hydrogen (secondary N) is 1. The van der Waals surface area contributed by atoms with Gasteiger partial charge in [0.1, 0.15) is 11.8 Å². The van der Waals surface area contributed by atoms with Crippen molar-refractivity contribution in [2.24, 2.45) is 0 Å². The SMILES string of the molecule is CC[C@@H](C)NC(=O)[C@@H](CC)N(Cc1ccc(Cl)cc1Cl)C(=O)COc1ccc([N+](=O)[O-])c(OC)c1. The van der Waals surface area contributed by atoms with Crippen molar-refractivity contribution >= 4 is 40.7 Å². The standard InChI is InChI=1S/C24H29Cl2N3O6/c1-5-15(3)27-24(31)20(6-2)28(13-16-7-8-17(25)11-19(16)26)23(30)14-35-18-9-10-21(29(32)33)22(12-18)34-4/h7-12,15,20H,5-6,13-14H2,1-4H3,(H,27,31)/t15-,20-/m1/s1. The number of hydrogen-bond donors (Lipinski definition) is 1. The molecule has 0 saturated carbocycles. The third-order valence-corrected chi connectivity index (χ3v) is 6.04. The Morgan fingerprint density at radius 2 is 1.86 bits per heavy atom. The number of benzene rings is 2. The monoisotopic (exact) mass is 525 g/mol. The highest BCUT2D eigenvalue weighted by atomic mass is 35.5. The molecule has 0 radical (unpaired) electrons. The number of halogens is 2. The topological polar surface area (TPSA) is 111 Å². The first-order chi connectivity index (χ1) is 16.6. The summed E-state index contributed by atoms with van der Waals surface area (Å²) in [6.07, 6.45) is 1.11. The molecule has 2 aromatic rings. The fourth-order valence-electron chi connectivity index (χ4n) is 3.32. The first-order valence-corrected chi connectivity index (χ1v) is 11.9. The van der Waals surface area contributed by atoms with Crippen LogP contribution < -0.4 is 14.8 Å². The first-order valence-electron chi connectivity index (χ1n) is 11.1. The molecular formula is C24H29Cl2N3O6. The van der Waals surface area contributed by atoms with Crippen molar-refractivity contribution in [1.82, 2.24) is 10.2 Å². The van der Waals surface area contributed by atoms with Crippen LogP contribution in [0.15, 0.2) is 36.4 Å². The maximum Gasteiger partial charge on any atom is 0.311 e. The summed E-state index contributed by atoms with van der Waals surface area (Å²) in [5, 5.41) is 14.9. The summed E-state index contributed by atoms with van der Waals surface area (Å²) in [6, 6.07) is 8.05. The molecule has 0 heterocycles. The lowest BCUT2D eigenvalue weighted by Crippen LogP contribution is -2.51. The van der Waals surface area contributed by atoms with Gasteiger partial charge in [0.2, 0.25) is 11.7 Å². The van der Waals surface area contributed by atoms with Crippen LogP contribution >= 0.6 is 23.2 Å². The van der Waals surface area contributed by atoms with Gasteiger partial charge in [0.05, 0.1) is 12.0 Å². The van der Waals surface area contributed by atoms with E-state index in [2.05, 4.69) is 5.32 Å². The van der Waals surface area contributed by atoms with E-state index >= 15 is 0 Å². The molecule has 0 fully saturated rings. The minimum Gasteiger partial charge on any atom is -0.490 e. The number of nitro groups is 1. The Morgan fingerprint density at radius 1 is 1.14 bits per heavy atom. The largest absolute Gasteiger partial charge is 0.490 e. The van der Waals surface area contributed by atoms with Gasteiger partial charge in [-0.25, -0.2) is 0 Å². The molecule has 0 aliphatic carbocycles. The van der Waals surface area contributed by atoms with E-state index in [1.807, 2.05) is 20.8 Å². The molecule has 0 aromatic heterocycles. The quantitative estimate of drug-likeness (QED) is 0.308. The van der Waals surface area contributed by atoms with Gasteiger partial charge in [-0.05, 0) is 43.5 Å². The maximum atomic E-state index is 13.3.